The SMILES string of the molecule is Cc1c(C)c(C)c(-c2c(C)c(C)c(C)c(C)c2C)c(C)c1C.Cc1c(C)c(C)c2c(c1C)-c1c(C)c(C)c(C)c(C)c1C(C)(C)C2(C)C.Cc1c(C)c2c(C)c(C)c(C)c3c4c(C)c(C)c(C)c5c(C)c(C)c(C)c(c(c1C)c23)c54.Cc1c(C)c2c(C)c(C)c3c(C)c(C)c(C)c4c(C)c(C)c(c1C)c2c34.Cc1c(C)c2c(C)c(C)c3c(C)c(C)c(C)c4c(C)c(C)c(c1C)c2c34. The first-order valence-electron chi connectivity index (χ1n) is 49.8. The molecule has 0 aliphatic heterocycles. The van der Waals surface area contributed by atoms with Gasteiger partial charge in [0.05, 0.1) is 0 Å². The molecule has 0 nitrogen and oxygen atoms in total. The first kappa shape index (κ1) is 98.1. The minimum absolute atomic E-state index is 0.0849. The van der Waals surface area contributed by atoms with Gasteiger partial charge in [0.1, 0.15) is 0 Å². The quantitative estimate of drug-likeness (QED) is 0.114. The van der Waals surface area contributed by atoms with Gasteiger partial charge in [-0.15, -0.1) is 0 Å². The van der Waals surface area contributed by atoms with Gasteiger partial charge < -0.3 is 0 Å². The van der Waals surface area contributed by atoms with Crippen LogP contribution >= 0.6 is 0 Å². The van der Waals surface area contributed by atoms with Gasteiger partial charge in [-0.3, -0.25) is 0 Å². The third kappa shape index (κ3) is 12.9. The maximum absolute atomic E-state index is 2.46. The van der Waals surface area contributed by atoms with Crippen LogP contribution in [0.15, 0.2) is 0 Å². The maximum atomic E-state index is 2.46. The Morgan fingerprint density at radius 3 is 0.295 bits per heavy atom. The topological polar surface area (TPSA) is 0 Å². The molecule has 18 rings (SSSR count). The highest BCUT2D eigenvalue weighted by Crippen LogP contribution is 2.61. The molecular formula is C132H162. The number of rotatable bonds is 1. The van der Waals surface area contributed by atoms with Crippen LogP contribution in [0, 0.1) is 346 Å². The fraction of sp³-hybridized carbons (Fsp3) is 0.424. The molecular weight excluding hydrogens is 1590 g/mol. The largest absolute Gasteiger partial charge is 0.0549 e. The minimum Gasteiger partial charge on any atom is -0.0549 e. The highest BCUT2D eigenvalue weighted by atomic mass is 14.5. The summed E-state index contributed by atoms with van der Waals surface area (Å²) in [6.07, 6.45) is 0. The van der Waals surface area contributed by atoms with Crippen LogP contribution in [-0.2, 0) is 10.8 Å². The van der Waals surface area contributed by atoms with Crippen LogP contribution < -0.4 is 0 Å². The van der Waals surface area contributed by atoms with Gasteiger partial charge in [0.15, 0.2) is 0 Å². The molecule has 690 valence electrons. The number of aryl methyl sites for hydroxylation is 24. The van der Waals surface area contributed by atoms with Crippen molar-refractivity contribution in [1.82, 2.24) is 0 Å². The molecule has 1 aliphatic carbocycles. The van der Waals surface area contributed by atoms with E-state index in [0.717, 1.165) is 0 Å². The van der Waals surface area contributed by atoms with E-state index >= 15 is 0 Å². The standard InChI is InChI=1S/C32H36.2C26H30.C26H36.C22H30/c1-13-17(5)25-18(6)14(2)23(11)29-30-24(12)16(4)20(8)26-19(7)15(3)22(10)28(32(26)30)27(21(13)9)31(25)29;2*1-11-13(3)21-17(7)19(9)23-15(5)12(2)16(6)24-20(10)18(8)22(14(11)4)25(21)26(23)24;1-13-15(3)19(7)23-21(17(13)5)22-18(6)14(2)16(4)20(8)24(22)26(11,12)25(23,9)10;1-11-13(3)17(7)21(18(8)14(11)4)22-19(9)15(5)12(2)16(6)20(22)10/h1-12H3;2*1-10H3;1-12H3;1-10H3. The van der Waals surface area contributed by atoms with Crippen molar-refractivity contribution in [3.63, 3.8) is 0 Å². The summed E-state index contributed by atoms with van der Waals surface area (Å²) in [4.78, 5) is 0. The lowest BCUT2D eigenvalue weighted by atomic mass is 9.52. The molecule has 0 radical (unpaired) electrons. The van der Waals surface area contributed by atoms with Gasteiger partial charge in [0, 0.05) is 0 Å². The number of fused-ring (bicyclic) bond motifs is 5. The molecule has 0 fully saturated rings. The van der Waals surface area contributed by atoms with Crippen molar-refractivity contribution in [2.24, 2.45) is 0 Å². The van der Waals surface area contributed by atoms with Gasteiger partial charge in [-0.05, 0) is 776 Å². The summed E-state index contributed by atoms with van der Waals surface area (Å²) < 4.78 is 0. The third-order valence-corrected chi connectivity index (χ3v) is 39.4. The molecule has 0 amide bonds. The molecule has 17 aromatic rings. The van der Waals surface area contributed by atoms with Gasteiger partial charge in [-0.1, -0.05) is 27.7 Å². The van der Waals surface area contributed by atoms with Gasteiger partial charge in [0.25, 0.3) is 0 Å². The zero-order valence-electron chi connectivity index (χ0n) is 93.0. The van der Waals surface area contributed by atoms with E-state index in [1.54, 1.807) is 11.1 Å². The zero-order valence-corrected chi connectivity index (χ0v) is 93.0. The summed E-state index contributed by atoms with van der Waals surface area (Å²) in [5.41, 5.74) is 81.9. The Hall–Kier alpha value is -9.88. The summed E-state index contributed by atoms with van der Waals surface area (Å²) >= 11 is 0. The average Bonchev–Trinajstić information content (AvgIpc) is 0.701. The Morgan fingerprint density at radius 1 is 0.0758 bits per heavy atom. The fourth-order valence-electron chi connectivity index (χ4n) is 26.8. The molecule has 0 unspecified atom stereocenters. The Kier molecular flexibility index (Phi) is 24.5. The number of benzene rings is 17. The third-order valence-electron chi connectivity index (χ3n) is 39.4. The summed E-state index contributed by atoms with van der Waals surface area (Å²) in [6.45, 7) is 125. The van der Waals surface area contributed by atoms with Crippen LogP contribution in [0.5, 0.6) is 0 Å². The molecule has 0 aromatic heterocycles. The molecule has 0 heterocycles. The maximum Gasteiger partial charge on any atom is -0.000275 e. The summed E-state index contributed by atoms with van der Waals surface area (Å²) in [6, 6.07) is 0. The van der Waals surface area contributed by atoms with Crippen molar-refractivity contribution in [3.05, 3.63) is 289 Å². The van der Waals surface area contributed by atoms with E-state index in [-0.39, 0.29) is 10.8 Å². The smallest absolute Gasteiger partial charge is 0.000275 e. The summed E-state index contributed by atoms with van der Waals surface area (Å²) in [5.74, 6) is 0. The molecule has 0 saturated carbocycles. The molecule has 0 bridgehead atoms. The van der Waals surface area contributed by atoms with Crippen LogP contribution in [0.2, 0.25) is 0 Å². The van der Waals surface area contributed by atoms with E-state index in [4.69, 9.17) is 0 Å². The lowest BCUT2D eigenvalue weighted by Crippen LogP contribution is -2.45. The molecule has 132 heavy (non-hydrogen) atoms. The highest BCUT2D eigenvalue weighted by molar-refractivity contribution is 6.38. The second-order valence-corrected chi connectivity index (χ2v) is 44.2. The summed E-state index contributed by atoms with van der Waals surface area (Å²) in [5, 5.41) is 29.9. The molecule has 1 aliphatic rings. The average molecular weight is 1750 g/mol. The number of hydrogen-bond acceptors (Lipinski definition) is 0. The van der Waals surface area contributed by atoms with Crippen LogP contribution in [0.1, 0.15) is 317 Å². The van der Waals surface area contributed by atoms with E-state index in [2.05, 4.69) is 374 Å². The first-order valence-corrected chi connectivity index (χ1v) is 49.8. The van der Waals surface area contributed by atoms with E-state index < -0.39 is 0 Å². The predicted octanol–water partition coefficient (Wildman–Crippen LogP) is 38.6. The minimum atomic E-state index is 0.0849. The van der Waals surface area contributed by atoms with Crippen molar-refractivity contribution >= 4 is 108 Å². The Morgan fingerprint density at radius 2 is 0.159 bits per heavy atom. The second-order valence-electron chi connectivity index (χ2n) is 44.2. The van der Waals surface area contributed by atoms with Crippen LogP contribution in [-0.4, -0.2) is 0 Å². The zero-order chi connectivity index (χ0) is 98.9. The van der Waals surface area contributed by atoms with Crippen LogP contribution in [0.3, 0.4) is 0 Å². The van der Waals surface area contributed by atoms with Gasteiger partial charge >= 0.3 is 0 Å². The van der Waals surface area contributed by atoms with Gasteiger partial charge in [-0.25, -0.2) is 0 Å². The van der Waals surface area contributed by atoms with Crippen molar-refractivity contribution in [3.8, 4) is 22.3 Å². The van der Waals surface area contributed by atoms with E-state index in [1.807, 2.05) is 0 Å². The van der Waals surface area contributed by atoms with Gasteiger partial charge in [0.2, 0.25) is 0 Å². The fourth-order valence-corrected chi connectivity index (χ4v) is 26.8. The first-order chi connectivity index (χ1) is 61.0. The monoisotopic (exact) mass is 1750 g/mol. The Balaban J connectivity index is 0.000000133. The van der Waals surface area contributed by atoms with Crippen molar-refractivity contribution < 1.29 is 0 Å². The van der Waals surface area contributed by atoms with Crippen molar-refractivity contribution in [1.29, 1.82) is 0 Å². The lowest BCUT2D eigenvalue weighted by Gasteiger charge is -2.51. The molecule has 0 spiro atoms. The molecule has 0 N–H and O–H groups in total. The molecule has 0 heteroatoms. The van der Waals surface area contributed by atoms with Crippen LogP contribution in [0.4, 0.5) is 0 Å². The molecule has 17 aromatic carbocycles. The Bertz CT molecular complexity index is 7020. The molecule has 0 atom stereocenters. The van der Waals surface area contributed by atoms with E-state index in [9.17, 15) is 0 Å². The Labute approximate surface area is 798 Å². The summed E-state index contributed by atoms with van der Waals surface area (Å²) in [7, 11) is 0. The normalized spacial score (nSPS) is 13.0. The number of hydrogen-bond donors (Lipinski definition) is 0. The van der Waals surface area contributed by atoms with Crippen molar-refractivity contribution in [2.75, 3.05) is 0 Å². The van der Waals surface area contributed by atoms with E-state index in [0.29, 0.717) is 0 Å². The lowest BCUT2D eigenvalue weighted by molar-refractivity contribution is 0.295. The predicted molar refractivity (Wildman–Crippen MR) is 595 cm³/mol. The molecule has 0 saturated heterocycles. The van der Waals surface area contributed by atoms with Gasteiger partial charge in [-0.2, -0.15) is 0 Å². The van der Waals surface area contributed by atoms with E-state index in [1.165, 1.54) is 408 Å². The highest BCUT2D eigenvalue weighted by Gasteiger charge is 2.49. The van der Waals surface area contributed by atoms with Crippen LogP contribution in [0.25, 0.3) is 130 Å². The van der Waals surface area contributed by atoms with Crippen molar-refractivity contribution in [2.45, 2.75) is 385 Å². The second kappa shape index (κ2) is 33.0.